The van der Waals surface area contributed by atoms with Crippen molar-refractivity contribution in [3.8, 4) is 5.69 Å². The Morgan fingerprint density at radius 2 is 1.89 bits per heavy atom. The molecule has 4 aromatic rings. The smallest absolute Gasteiger partial charge is 0.267 e. The van der Waals surface area contributed by atoms with Crippen LogP contribution in [0.4, 0.5) is 0 Å². The number of aryl methyl sites for hydroxylation is 1. The molecule has 0 spiro atoms. The van der Waals surface area contributed by atoms with E-state index in [9.17, 15) is 9.59 Å². The van der Waals surface area contributed by atoms with Crippen LogP contribution in [0.2, 0.25) is 5.02 Å². The van der Waals surface area contributed by atoms with Gasteiger partial charge in [0.25, 0.3) is 5.56 Å². The van der Waals surface area contributed by atoms with E-state index in [-0.39, 0.29) is 17.1 Å². The first-order valence-electron chi connectivity index (χ1n) is 11.7. The van der Waals surface area contributed by atoms with Crippen molar-refractivity contribution >= 4 is 50.7 Å². The normalized spacial score (nSPS) is 13.8. The summed E-state index contributed by atoms with van der Waals surface area (Å²) >= 11 is 8.88. The Hall–Kier alpha value is -2.45. The van der Waals surface area contributed by atoms with E-state index in [1.54, 1.807) is 40.2 Å². The molecule has 5 nitrogen and oxygen atoms in total. The van der Waals surface area contributed by atoms with Crippen LogP contribution in [-0.4, -0.2) is 39.1 Å². The second-order valence-corrected chi connectivity index (χ2v) is 11.3. The maximum absolute atomic E-state index is 13.9. The fourth-order valence-electron chi connectivity index (χ4n) is 4.45. The molecule has 0 N–H and O–H groups in total. The lowest BCUT2D eigenvalue weighted by Gasteiger charge is -2.26. The largest absolute Gasteiger partial charge is 0.298 e. The van der Waals surface area contributed by atoms with E-state index in [1.807, 2.05) is 31.2 Å². The summed E-state index contributed by atoms with van der Waals surface area (Å²) in [4.78, 5) is 36.2. The second-order valence-electron chi connectivity index (χ2n) is 8.80. The van der Waals surface area contributed by atoms with E-state index in [1.165, 1.54) is 16.6 Å². The van der Waals surface area contributed by atoms with Crippen LogP contribution in [0.25, 0.3) is 15.9 Å². The Labute approximate surface area is 217 Å². The molecule has 0 saturated carbocycles. The minimum atomic E-state index is -0.0539. The molecule has 0 radical (unpaired) electrons. The molecule has 0 saturated heterocycles. The summed E-state index contributed by atoms with van der Waals surface area (Å²) in [6, 6.07) is 14.7. The van der Waals surface area contributed by atoms with Crippen molar-refractivity contribution in [3.05, 3.63) is 85.5 Å². The minimum absolute atomic E-state index is 0.0304. The van der Waals surface area contributed by atoms with E-state index in [4.69, 9.17) is 16.6 Å². The van der Waals surface area contributed by atoms with Crippen LogP contribution in [0.15, 0.2) is 58.5 Å². The fourth-order valence-corrected chi connectivity index (χ4v) is 6.79. The molecular formula is C27H26ClN3O2S2. The third kappa shape index (κ3) is 4.96. The molecule has 35 heavy (non-hydrogen) atoms. The highest BCUT2D eigenvalue weighted by atomic mass is 35.5. The molecule has 2 aromatic carbocycles. The first-order chi connectivity index (χ1) is 16.9. The predicted octanol–water partition coefficient (Wildman–Crippen LogP) is 6.15. The topological polar surface area (TPSA) is 55.2 Å². The molecule has 0 bridgehead atoms. The van der Waals surface area contributed by atoms with Crippen molar-refractivity contribution in [2.45, 2.75) is 38.4 Å². The highest BCUT2D eigenvalue weighted by Crippen LogP contribution is 2.34. The van der Waals surface area contributed by atoms with Crippen LogP contribution >= 0.6 is 34.7 Å². The Balaban J connectivity index is 1.56. The van der Waals surface area contributed by atoms with Crippen LogP contribution in [-0.2, 0) is 13.0 Å². The number of hydrogen-bond acceptors (Lipinski definition) is 6. The molecule has 0 fully saturated rings. The maximum Gasteiger partial charge on any atom is 0.267 e. The zero-order valence-electron chi connectivity index (χ0n) is 19.7. The second kappa shape index (κ2) is 10.3. The fraction of sp³-hybridized carbons (Fsp3) is 0.296. The summed E-state index contributed by atoms with van der Waals surface area (Å²) in [5.41, 5.74) is 3.56. The van der Waals surface area contributed by atoms with Gasteiger partial charge in [-0.25, -0.2) is 4.98 Å². The van der Waals surface area contributed by atoms with E-state index in [2.05, 4.69) is 11.8 Å². The van der Waals surface area contributed by atoms with Gasteiger partial charge in [0.2, 0.25) is 0 Å². The zero-order valence-corrected chi connectivity index (χ0v) is 22.1. The number of thiophene rings is 1. The van der Waals surface area contributed by atoms with E-state index in [0.29, 0.717) is 15.7 Å². The monoisotopic (exact) mass is 523 g/mol. The summed E-state index contributed by atoms with van der Waals surface area (Å²) in [6.07, 6.45) is 1.98. The van der Waals surface area contributed by atoms with Gasteiger partial charge in [0.1, 0.15) is 4.83 Å². The molecule has 8 heteroatoms. The standard InChI is InChI=1S/C27H26ClN3O2S2/c1-3-13-30-14-12-21-23(15-30)35-25-24(21)26(33)31(20-10-4-17(2)5-11-20)27(29-25)34-16-22(32)18-6-8-19(28)9-7-18/h4-11H,3,12-16H2,1-2H3. The molecular weight excluding hydrogens is 498 g/mol. The van der Waals surface area contributed by atoms with Crippen molar-refractivity contribution in [1.29, 1.82) is 0 Å². The summed E-state index contributed by atoms with van der Waals surface area (Å²) in [5, 5.41) is 1.86. The van der Waals surface area contributed by atoms with E-state index >= 15 is 0 Å². The van der Waals surface area contributed by atoms with Gasteiger partial charge in [-0.3, -0.25) is 19.1 Å². The molecule has 0 atom stereocenters. The number of carbonyl (C=O) groups is 1. The van der Waals surface area contributed by atoms with Crippen molar-refractivity contribution < 1.29 is 4.79 Å². The SMILES string of the molecule is CCCN1CCc2c(sc3nc(SCC(=O)c4ccc(Cl)cc4)n(-c4ccc(C)cc4)c(=O)c23)C1. The Bertz CT molecular complexity index is 1440. The number of halogens is 1. The maximum atomic E-state index is 13.9. The van der Waals surface area contributed by atoms with Gasteiger partial charge in [0, 0.05) is 28.6 Å². The summed E-state index contributed by atoms with van der Waals surface area (Å²) in [6.45, 7) is 7.10. The molecule has 2 aromatic heterocycles. The van der Waals surface area contributed by atoms with Gasteiger partial charge in [-0.2, -0.15) is 0 Å². The number of aromatic nitrogens is 2. The minimum Gasteiger partial charge on any atom is -0.298 e. The molecule has 3 heterocycles. The van der Waals surface area contributed by atoms with Gasteiger partial charge in [0.15, 0.2) is 10.9 Å². The predicted molar refractivity (Wildman–Crippen MR) is 146 cm³/mol. The number of ketones is 1. The van der Waals surface area contributed by atoms with Crippen molar-refractivity contribution in [2.75, 3.05) is 18.8 Å². The van der Waals surface area contributed by atoms with Crippen LogP contribution in [0.5, 0.6) is 0 Å². The van der Waals surface area contributed by atoms with Gasteiger partial charge in [0.05, 0.1) is 16.8 Å². The summed E-state index contributed by atoms with van der Waals surface area (Å²) < 4.78 is 1.67. The molecule has 1 aliphatic rings. The quantitative estimate of drug-likeness (QED) is 0.165. The average Bonchev–Trinajstić information content (AvgIpc) is 3.22. The third-order valence-electron chi connectivity index (χ3n) is 6.25. The number of fused-ring (bicyclic) bond motifs is 3. The summed E-state index contributed by atoms with van der Waals surface area (Å²) in [7, 11) is 0. The molecule has 5 rings (SSSR count). The van der Waals surface area contributed by atoms with Crippen molar-refractivity contribution in [1.82, 2.24) is 14.5 Å². The lowest BCUT2D eigenvalue weighted by molar-refractivity contribution is 0.102. The number of benzene rings is 2. The lowest BCUT2D eigenvalue weighted by Crippen LogP contribution is -2.31. The Morgan fingerprint density at radius 3 is 2.60 bits per heavy atom. The number of thioether (sulfide) groups is 1. The summed E-state index contributed by atoms with van der Waals surface area (Å²) in [5.74, 6) is 0.151. The van der Waals surface area contributed by atoms with E-state index < -0.39 is 0 Å². The van der Waals surface area contributed by atoms with Crippen LogP contribution in [0.3, 0.4) is 0 Å². The molecule has 180 valence electrons. The Morgan fingerprint density at radius 1 is 1.14 bits per heavy atom. The van der Waals surface area contributed by atoms with Crippen LogP contribution in [0, 0.1) is 6.92 Å². The number of carbonyl (C=O) groups excluding carboxylic acids is 1. The van der Waals surface area contributed by atoms with Crippen LogP contribution < -0.4 is 5.56 Å². The van der Waals surface area contributed by atoms with Gasteiger partial charge >= 0.3 is 0 Å². The number of Topliss-reactive ketones (excluding diaryl/α,β-unsaturated/α-hetero) is 1. The number of nitrogens with zero attached hydrogens (tertiary/aromatic N) is 3. The van der Waals surface area contributed by atoms with Gasteiger partial charge in [-0.05, 0) is 68.3 Å². The third-order valence-corrected chi connectivity index (χ3v) is 8.55. The average molecular weight is 524 g/mol. The Kier molecular flexibility index (Phi) is 7.12. The first-order valence-corrected chi connectivity index (χ1v) is 13.9. The van der Waals surface area contributed by atoms with Crippen molar-refractivity contribution in [3.63, 3.8) is 0 Å². The molecule has 0 unspecified atom stereocenters. The first kappa shape index (κ1) is 24.3. The van der Waals surface area contributed by atoms with Crippen molar-refractivity contribution in [2.24, 2.45) is 0 Å². The number of rotatable bonds is 7. The molecule has 0 amide bonds. The lowest BCUT2D eigenvalue weighted by atomic mass is 10.1. The van der Waals surface area contributed by atoms with Gasteiger partial charge in [-0.1, -0.05) is 48.0 Å². The van der Waals surface area contributed by atoms with E-state index in [0.717, 1.165) is 59.5 Å². The van der Waals surface area contributed by atoms with Gasteiger partial charge in [-0.15, -0.1) is 11.3 Å². The highest BCUT2D eigenvalue weighted by molar-refractivity contribution is 7.99. The molecule has 1 aliphatic heterocycles. The van der Waals surface area contributed by atoms with Gasteiger partial charge < -0.3 is 0 Å². The highest BCUT2D eigenvalue weighted by Gasteiger charge is 2.25. The number of hydrogen-bond donors (Lipinski definition) is 0. The van der Waals surface area contributed by atoms with Crippen LogP contribution in [0.1, 0.15) is 39.7 Å². The molecule has 0 aliphatic carbocycles. The zero-order chi connectivity index (χ0) is 24.5.